The Morgan fingerprint density at radius 2 is 1.44 bits per heavy atom. The summed E-state index contributed by atoms with van der Waals surface area (Å²) in [4.78, 5) is 0. The molecule has 2 unspecified atom stereocenters. The van der Waals surface area contributed by atoms with E-state index < -0.39 is 22.5 Å². The average molecular weight is 478 g/mol. The van der Waals surface area contributed by atoms with Gasteiger partial charge in [-0.2, -0.15) is 5.53 Å². The van der Waals surface area contributed by atoms with Gasteiger partial charge in [0, 0.05) is 13.1 Å². The maximum absolute atomic E-state index is 11.8. The maximum atomic E-state index is 11.8. The van der Waals surface area contributed by atoms with Crippen molar-refractivity contribution in [2.24, 2.45) is 15.4 Å². The quantitative estimate of drug-likeness (QED) is 0.210. The van der Waals surface area contributed by atoms with Gasteiger partial charge in [-0.1, -0.05) is 29.5 Å². The van der Waals surface area contributed by atoms with Crippen molar-refractivity contribution in [2.75, 3.05) is 13.1 Å². The van der Waals surface area contributed by atoms with Crippen LogP contribution < -0.4 is 0 Å². The summed E-state index contributed by atoms with van der Waals surface area (Å²) in [5, 5.41) is 21.6. The molecule has 12 nitrogen and oxygen atoms in total. The molecule has 0 radical (unpaired) electrons. The molecule has 0 aromatic carbocycles. The average Bonchev–Trinajstić information content (AvgIpc) is 2.75. The Labute approximate surface area is 189 Å². The molecular weight excluding hydrogens is 456 g/mol. The van der Waals surface area contributed by atoms with Crippen LogP contribution in [0.4, 0.5) is 0 Å². The van der Waals surface area contributed by atoms with E-state index in [2.05, 4.69) is 20.5 Å². The first kappa shape index (κ1) is 24.9. The molecule has 0 saturated carbocycles. The molecule has 0 spiro atoms. The van der Waals surface area contributed by atoms with Crippen molar-refractivity contribution in [1.82, 2.24) is 8.61 Å². The molecular formula is C18H21N8O4S2+. The summed E-state index contributed by atoms with van der Waals surface area (Å²) in [5.74, 6) is 0. The standard InChI is InChI=1S/C18H20N8O4S2/c1-3-25(31(27)28)17-11-15(21-23-19)9-7-13(17)5-6-14-8-10-16(22-24-20)12-18(14)26(4-2)32(29)30/h5-12,19H,3-4H2,1-2H3,(H-,27,28,29,30)/p+1. The third-order valence-corrected chi connectivity index (χ3v) is 5.95. The summed E-state index contributed by atoms with van der Waals surface area (Å²) in [5.41, 5.74) is 9.40. The smallest absolute Gasteiger partial charge is 0.289 e. The molecule has 32 heavy (non-hydrogen) atoms. The highest BCUT2D eigenvalue weighted by atomic mass is 32.2. The number of rotatable bonds is 8. The second-order valence-corrected chi connectivity index (χ2v) is 7.86. The normalized spacial score (nSPS) is 22.5. The fourth-order valence-electron chi connectivity index (χ4n) is 2.92. The lowest BCUT2D eigenvalue weighted by Gasteiger charge is -2.25. The van der Waals surface area contributed by atoms with E-state index in [1.54, 1.807) is 50.3 Å². The minimum Gasteiger partial charge on any atom is -0.289 e. The van der Waals surface area contributed by atoms with Gasteiger partial charge in [0.2, 0.25) is 0 Å². The summed E-state index contributed by atoms with van der Waals surface area (Å²) in [6.07, 6.45) is 12.8. The van der Waals surface area contributed by atoms with E-state index in [1.165, 1.54) is 20.8 Å². The number of hydrogen-bond donors (Lipinski definition) is 3. The Bertz CT molecular complexity index is 1110. The molecule has 0 fully saturated rings. The van der Waals surface area contributed by atoms with Crippen LogP contribution in [-0.2, 0) is 22.5 Å². The van der Waals surface area contributed by atoms with Crippen molar-refractivity contribution in [3.63, 3.8) is 0 Å². The molecule has 2 rings (SSSR count). The molecule has 0 aromatic heterocycles. The zero-order valence-electron chi connectivity index (χ0n) is 17.2. The summed E-state index contributed by atoms with van der Waals surface area (Å²) in [7, 11) is 0. The third kappa shape index (κ3) is 6.08. The van der Waals surface area contributed by atoms with Gasteiger partial charge in [-0.15, -0.1) is 5.10 Å². The second kappa shape index (κ2) is 11.9. The summed E-state index contributed by atoms with van der Waals surface area (Å²) >= 11 is -4.60. The maximum Gasteiger partial charge on any atom is 0.339 e. The first-order chi connectivity index (χ1) is 15.4. The van der Waals surface area contributed by atoms with E-state index >= 15 is 0 Å². The minimum absolute atomic E-state index is 0.217. The zero-order valence-corrected chi connectivity index (χ0v) is 18.8. The van der Waals surface area contributed by atoms with Crippen LogP contribution in [0.2, 0.25) is 0 Å². The lowest BCUT2D eigenvalue weighted by molar-refractivity contribution is 0.469. The number of likely N-dealkylation sites (N-methyl/N-ethyl adjacent to an activating group) is 2. The van der Waals surface area contributed by atoms with Gasteiger partial charge in [-0.3, -0.25) is 17.7 Å². The predicted molar refractivity (Wildman–Crippen MR) is 122 cm³/mol. The van der Waals surface area contributed by atoms with Gasteiger partial charge in [0.05, 0.1) is 17.1 Å². The van der Waals surface area contributed by atoms with E-state index in [4.69, 9.17) is 10.9 Å². The first-order valence-electron chi connectivity index (χ1n) is 9.22. The molecule has 0 amide bonds. The van der Waals surface area contributed by atoms with Crippen LogP contribution in [0.1, 0.15) is 13.8 Å². The Kier molecular flexibility index (Phi) is 9.22. The summed E-state index contributed by atoms with van der Waals surface area (Å²) < 4.78 is 45.4. The fourth-order valence-corrected chi connectivity index (χ4v) is 4.02. The number of hydrogen-bond acceptors (Lipinski definition) is 6. The van der Waals surface area contributed by atoms with Crippen LogP contribution >= 0.6 is 0 Å². The topological polar surface area (TPSA) is 170 Å². The van der Waals surface area contributed by atoms with Gasteiger partial charge in [-0.05, 0) is 49.3 Å². The van der Waals surface area contributed by atoms with E-state index in [0.717, 1.165) is 0 Å². The molecule has 0 saturated heterocycles. The van der Waals surface area contributed by atoms with Crippen molar-refractivity contribution in [2.45, 2.75) is 13.8 Å². The van der Waals surface area contributed by atoms with Crippen molar-refractivity contribution in [3.8, 4) is 0 Å². The van der Waals surface area contributed by atoms with Crippen molar-refractivity contribution in [1.29, 1.82) is 10.9 Å². The molecule has 168 valence electrons. The molecule has 0 heterocycles. The number of nitrogens with zero attached hydrogens (tertiary/aromatic N) is 7. The van der Waals surface area contributed by atoms with Gasteiger partial charge >= 0.3 is 5.08 Å². The van der Waals surface area contributed by atoms with Gasteiger partial charge in [0.15, 0.2) is 10.8 Å². The Balaban J connectivity index is 2.57. The molecule has 0 aromatic rings. The van der Waals surface area contributed by atoms with Crippen LogP contribution in [-0.4, -0.2) is 50.6 Å². The van der Waals surface area contributed by atoms with Crippen LogP contribution in [0.5, 0.6) is 0 Å². The predicted octanol–water partition coefficient (Wildman–Crippen LogP) is 3.26. The van der Waals surface area contributed by atoms with Gasteiger partial charge in [-0.25, -0.2) is 8.42 Å². The molecule has 0 aliphatic heterocycles. The monoisotopic (exact) mass is 477 g/mol. The highest BCUT2D eigenvalue weighted by Crippen LogP contribution is 2.26. The van der Waals surface area contributed by atoms with Gasteiger partial charge < -0.3 is 0 Å². The molecule has 2 atom stereocenters. The number of diazo groups is 1. The molecule has 14 heteroatoms. The Morgan fingerprint density at radius 1 is 0.969 bits per heavy atom. The summed E-state index contributed by atoms with van der Waals surface area (Å²) in [6.45, 7) is 3.86. The van der Waals surface area contributed by atoms with Crippen LogP contribution in [0.25, 0.3) is 5.08 Å². The van der Waals surface area contributed by atoms with E-state index in [1.807, 2.05) is 0 Å². The van der Waals surface area contributed by atoms with Crippen molar-refractivity contribution >= 4 is 34.0 Å². The highest BCUT2D eigenvalue weighted by molar-refractivity contribution is 7.77. The molecule has 2 aliphatic rings. The van der Waals surface area contributed by atoms with E-state index in [0.29, 0.717) is 28.3 Å². The molecule has 0 bridgehead atoms. The largest absolute Gasteiger partial charge is 0.339 e. The van der Waals surface area contributed by atoms with E-state index in [9.17, 15) is 17.5 Å². The SMILES string of the molecule is CCN(C1=CC(=NN=N)C=CC1=CC=C1C=CC(=N[N+]#N)C=C1N(CC)S(=O)O)S(=O)O. The fraction of sp³-hybridized carbons (Fsp3) is 0.222. The minimum atomic E-state index is -2.31. The van der Waals surface area contributed by atoms with Crippen molar-refractivity contribution in [3.05, 3.63) is 76.2 Å². The van der Waals surface area contributed by atoms with Gasteiger partial charge in [0.1, 0.15) is 0 Å². The van der Waals surface area contributed by atoms with Crippen LogP contribution in [0, 0.1) is 10.9 Å². The third-order valence-electron chi connectivity index (χ3n) is 4.29. The lowest BCUT2D eigenvalue weighted by atomic mass is 10.0. The van der Waals surface area contributed by atoms with E-state index in [-0.39, 0.29) is 18.8 Å². The number of allylic oxidation sites excluding steroid dienone is 8. The lowest BCUT2D eigenvalue weighted by Crippen LogP contribution is -2.27. The number of nitrogens with one attached hydrogen (secondary N) is 1. The zero-order chi connectivity index (χ0) is 23.7. The Hall–Kier alpha value is -3.38. The van der Waals surface area contributed by atoms with Crippen LogP contribution in [0.15, 0.2) is 86.6 Å². The summed E-state index contributed by atoms with van der Waals surface area (Å²) in [6, 6.07) is 0. The van der Waals surface area contributed by atoms with Crippen molar-refractivity contribution < 1.29 is 17.5 Å². The Morgan fingerprint density at radius 3 is 1.84 bits per heavy atom. The highest BCUT2D eigenvalue weighted by Gasteiger charge is 2.22. The molecule has 3 N–H and O–H groups in total. The molecule has 2 aliphatic carbocycles. The first-order valence-corrected chi connectivity index (χ1v) is 11.3. The van der Waals surface area contributed by atoms with Gasteiger partial charge in [0.25, 0.3) is 27.9 Å². The van der Waals surface area contributed by atoms with Crippen LogP contribution in [0.3, 0.4) is 0 Å². The second-order valence-electron chi connectivity index (χ2n) is 6.06.